The van der Waals surface area contributed by atoms with Crippen molar-refractivity contribution in [3.8, 4) is 0 Å². The fourth-order valence-electron chi connectivity index (χ4n) is 4.64. The van der Waals surface area contributed by atoms with E-state index in [0.717, 1.165) is 21.8 Å². The van der Waals surface area contributed by atoms with E-state index < -0.39 is 15.6 Å². The first-order chi connectivity index (χ1) is 14.9. The minimum atomic E-state index is -3.69. The Kier molecular flexibility index (Phi) is 4.91. The Labute approximate surface area is 185 Å². The number of likely N-dealkylation sites (tertiary alicyclic amines) is 1. The zero-order valence-electron chi connectivity index (χ0n) is 17.1. The maximum absolute atomic E-state index is 13.5. The predicted molar refractivity (Wildman–Crippen MR) is 117 cm³/mol. The lowest BCUT2D eigenvalue weighted by molar-refractivity contribution is -0.129. The number of aromatic nitrogens is 2. The SMILES string of the molecule is Cc1nc(CN2[C@@]3(CCN(C(=O)Cc4cccnc4)C3)c3ccccc3S2(=O)=O)cs1. The van der Waals surface area contributed by atoms with E-state index in [2.05, 4.69) is 9.97 Å². The second-order valence-electron chi connectivity index (χ2n) is 8.00. The first-order valence-electron chi connectivity index (χ1n) is 10.1. The molecule has 0 saturated carbocycles. The number of amides is 1. The van der Waals surface area contributed by atoms with Gasteiger partial charge in [-0.05, 0) is 36.6 Å². The standard InChI is InChI=1S/C22H22N4O3S2/c1-16-24-18(14-30-16)13-26-22(19-6-2-3-7-20(19)31(26,28)29)8-10-25(15-22)21(27)11-17-5-4-9-23-12-17/h2-7,9,12,14H,8,10-11,13,15H2,1H3/t22-/m1/s1. The van der Waals surface area contributed by atoms with E-state index >= 15 is 0 Å². The number of benzene rings is 1. The van der Waals surface area contributed by atoms with Crippen LogP contribution in [0.15, 0.2) is 59.1 Å². The summed E-state index contributed by atoms with van der Waals surface area (Å²) in [5, 5.41) is 2.81. The van der Waals surface area contributed by atoms with E-state index in [9.17, 15) is 13.2 Å². The molecule has 0 N–H and O–H groups in total. The molecule has 1 atom stereocenters. The van der Waals surface area contributed by atoms with Crippen molar-refractivity contribution in [1.82, 2.24) is 19.2 Å². The van der Waals surface area contributed by atoms with Crippen molar-refractivity contribution in [2.24, 2.45) is 0 Å². The van der Waals surface area contributed by atoms with Crippen LogP contribution in [0.2, 0.25) is 0 Å². The van der Waals surface area contributed by atoms with Crippen LogP contribution in [0.25, 0.3) is 0 Å². The predicted octanol–water partition coefficient (Wildman–Crippen LogP) is 2.72. The van der Waals surface area contributed by atoms with Crippen molar-refractivity contribution in [2.75, 3.05) is 13.1 Å². The zero-order chi connectivity index (χ0) is 21.6. The Morgan fingerprint density at radius 1 is 1.23 bits per heavy atom. The average Bonchev–Trinajstić information content (AvgIpc) is 3.43. The Balaban J connectivity index is 1.49. The van der Waals surface area contributed by atoms with E-state index in [-0.39, 0.29) is 18.9 Å². The summed E-state index contributed by atoms with van der Waals surface area (Å²) in [6, 6.07) is 10.9. The molecule has 2 aromatic heterocycles. The van der Waals surface area contributed by atoms with Crippen molar-refractivity contribution in [2.45, 2.75) is 36.7 Å². The van der Waals surface area contributed by atoms with Crippen LogP contribution in [-0.2, 0) is 33.3 Å². The first kappa shape index (κ1) is 20.3. The fourth-order valence-corrected chi connectivity index (χ4v) is 7.28. The summed E-state index contributed by atoms with van der Waals surface area (Å²) in [5.41, 5.74) is 1.59. The van der Waals surface area contributed by atoms with Crippen LogP contribution in [0.4, 0.5) is 0 Å². The minimum absolute atomic E-state index is 0.0175. The molecule has 4 heterocycles. The molecule has 31 heavy (non-hydrogen) atoms. The molecule has 2 aliphatic rings. The van der Waals surface area contributed by atoms with Gasteiger partial charge in [-0.1, -0.05) is 24.3 Å². The highest BCUT2D eigenvalue weighted by Crippen LogP contribution is 2.50. The lowest BCUT2D eigenvalue weighted by Gasteiger charge is -2.33. The molecule has 160 valence electrons. The maximum atomic E-state index is 13.5. The normalized spacial score (nSPS) is 22.2. The van der Waals surface area contributed by atoms with Gasteiger partial charge in [0.05, 0.1) is 34.1 Å². The Morgan fingerprint density at radius 2 is 2.06 bits per heavy atom. The van der Waals surface area contributed by atoms with Crippen LogP contribution in [0.1, 0.15) is 28.2 Å². The third-order valence-corrected chi connectivity index (χ3v) is 8.88. The summed E-state index contributed by atoms with van der Waals surface area (Å²) < 4.78 is 28.6. The molecular formula is C22H22N4O3S2. The van der Waals surface area contributed by atoms with Gasteiger partial charge in [-0.25, -0.2) is 13.4 Å². The van der Waals surface area contributed by atoms with Crippen LogP contribution in [-0.4, -0.2) is 46.6 Å². The summed E-state index contributed by atoms with van der Waals surface area (Å²) in [4.78, 5) is 23.7. The molecule has 0 bridgehead atoms. The molecule has 1 aromatic carbocycles. The summed E-state index contributed by atoms with van der Waals surface area (Å²) in [6.45, 7) is 2.96. The van der Waals surface area contributed by atoms with Gasteiger partial charge in [0.2, 0.25) is 15.9 Å². The van der Waals surface area contributed by atoms with Crippen molar-refractivity contribution in [3.05, 3.63) is 76.0 Å². The van der Waals surface area contributed by atoms with Gasteiger partial charge in [-0.2, -0.15) is 4.31 Å². The molecule has 1 fully saturated rings. The third-order valence-electron chi connectivity index (χ3n) is 6.08. The number of hydrogen-bond acceptors (Lipinski definition) is 6. The zero-order valence-corrected chi connectivity index (χ0v) is 18.7. The topological polar surface area (TPSA) is 83.5 Å². The van der Waals surface area contributed by atoms with E-state index in [1.165, 1.54) is 11.3 Å². The van der Waals surface area contributed by atoms with Gasteiger partial charge in [0.15, 0.2) is 0 Å². The van der Waals surface area contributed by atoms with E-state index in [4.69, 9.17) is 0 Å². The molecule has 0 unspecified atom stereocenters. The molecule has 5 rings (SSSR count). The highest BCUT2D eigenvalue weighted by Gasteiger charge is 2.57. The van der Waals surface area contributed by atoms with Crippen LogP contribution >= 0.6 is 11.3 Å². The Hall–Kier alpha value is -2.62. The minimum Gasteiger partial charge on any atom is -0.340 e. The molecule has 0 radical (unpaired) electrons. The fraction of sp³-hybridized carbons (Fsp3) is 0.318. The number of carbonyl (C=O) groups is 1. The van der Waals surface area contributed by atoms with Crippen molar-refractivity contribution >= 4 is 27.3 Å². The number of sulfonamides is 1. The van der Waals surface area contributed by atoms with E-state index in [0.29, 0.717) is 24.4 Å². The second kappa shape index (κ2) is 7.51. The highest BCUT2D eigenvalue weighted by atomic mass is 32.2. The van der Waals surface area contributed by atoms with Crippen molar-refractivity contribution < 1.29 is 13.2 Å². The number of thiazole rings is 1. The summed E-state index contributed by atoms with van der Waals surface area (Å²) in [6.07, 6.45) is 4.18. The van der Waals surface area contributed by atoms with Gasteiger partial charge in [-0.3, -0.25) is 9.78 Å². The molecule has 1 spiro atoms. The number of rotatable bonds is 4. The number of hydrogen-bond donors (Lipinski definition) is 0. The van der Waals surface area contributed by atoms with Gasteiger partial charge in [-0.15, -0.1) is 11.3 Å². The molecule has 1 amide bonds. The summed E-state index contributed by atoms with van der Waals surface area (Å²) >= 11 is 1.51. The van der Waals surface area contributed by atoms with Crippen molar-refractivity contribution in [1.29, 1.82) is 0 Å². The molecular weight excluding hydrogens is 432 g/mol. The molecule has 7 nitrogen and oxygen atoms in total. The van der Waals surface area contributed by atoms with Crippen LogP contribution < -0.4 is 0 Å². The summed E-state index contributed by atoms with van der Waals surface area (Å²) in [5.74, 6) is -0.0175. The Morgan fingerprint density at radius 3 is 2.81 bits per heavy atom. The molecule has 2 aliphatic heterocycles. The lowest BCUT2D eigenvalue weighted by Crippen LogP contribution is -2.46. The highest BCUT2D eigenvalue weighted by molar-refractivity contribution is 7.89. The smallest absolute Gasteiger partial charge is 0.244 e. The van der Waals surface area contributed by atoms with Gasteiger partial charge in [0, 0.05) is 30.9 Å². The summed E-state index contributed by atoms with van der Waals surface area (Å²) in [7, 11) is -3.69. The van der Waals surface area contributed by atoms with Gasteiger partial charge in [0.25, 0.3) is 0 Å². The van der Waals surface area contributed by atoms with Crippen LogP contribution in [0.5, 0.6) is 0 Å². The van der Waals surface area contributed by atoms with Gasteiger partial charge < -0.3 is 4.90 Å². The molecule has 1 saturated heterocycles. The number of nitrogens with zero attached hydrogens (tertiary/aromatic N) is 4. The maximum Gasteiger partial charge on any atom is 0.244 e. The third kappa shape index (κ3) is 3.37. The lowest BCUT2D eigenvalue weighted by atomic mass is 9.89. The van der Waals surface area contributed by atoms with E-state index in [1.807, 2.05) is 36.6 Å². The second-order valence-corrected chi connectivity index (χ2v) is 10.9. The van der Waals surface area contributed by atoms with Gasteiger partial charge >= 0.3 is 0 Å². The monoisotopic (exact) mass is 454 g/mol. The first-order valence-corrected chi connectivity index (χ1v) is 12.4. The molecule has 9 heteroatoms. The van der Waals surface area contributed by atoms with E-state index in [1.54, 1.807) is 33.7 Å². The molecule has 3 aromatic rings. The quantitative estimate of drug-likeness (QED) is 0.605. The Bertz CT molecular complexity index is 1240. The number of carbonyl (C=O) groups excluding carboxylic acids is 1. The van der Waals surface area contributed by atoms with Crippen LogP contribution in [0, 0.1) is 6.92 Å². The number of aryl methyl sites for hydroxylation is 1. The average molecular weight is 455 g/mol. The largest absolute Gasteiger partial charge is 0.340 e. The number of pyridine rings is 1. The number of fused-ring (bicyclic) bond motifs is 2. The molecule has 0 aliphatic carbocycles. The van der Waals surface area contributed by atoms with Gasteiger partial charge in [0.1, 0.15) is 0 Å². The van der Waals surface area contributed by atoms with Crippen molar-refractivity contribution in [3.63, 3.8) is 0 Å². The van der Waals surface area contributed by atoms with Crippen LogP contribution in [0.3, 0.4) is 0 Å².